The number of piperidine rings is 1. The molecule has 1 aliphatic rings. The molecule has 3 amide bonds. The van der Waals surface area contributed by atoms with Crippen molar-refractivity contribution < 1.29 is 27.5 Å². The van der Waals surface area contributed by atoms with E-state index in [1.165, 1.54) is 19.1 Å². The molecule has 0 saturated carbocycles. The number of alkyl halides is 3. The van der Waals surface area contributed by atoms with E-state index in [2.05, 4.69) is 15.4 Å². The number of likely N-dealkylation sites (tertiary alicyclic amines) is 1. The summed E-state index contributed by atoms with van der Waals surface area (Å²) >= 11 is 0. The van der Waals surface area contributed by atoms with E-state index in [9.17, 15) is 22.8 Å². The van der Waals surface area contributed by atoms with E-state index in [0.717, 1.165) is 12.1 Å². The number of carbonyl (C=O) groups is 2. The first-order valence-electron chi connectivity index (χ1n) is 7.42. The minimum Gasteiger partial charge on any atom is -0.406 e. The summed E-state index contributed by atoms with van der Waals surface area (Å²) in [5.74, 6) is -0.448. The third-order valence-corrected chi connectivity index (χ3v) is 3.53. The number of hydrogen-bond donors (Lipinski definition) is 2. The van der Waals surface area contributed by atoms with Crippen LogP contribution < -0.4 is 15.4 Å². The zero-order chi connectivity index (χ0) is 17.7. The van der Waals surface area contributed by atoms with Crippen molar-refractivity contribution >= 4 is 17.6 Å². The smallest absolute Gasteiger partial charge is 0.406 e. The van der Waals surface area contributed by atoms with Gasteiger partial charge in [-0.15, -0.1) is 13.2 Å². The van der Waals surface area contributed by atoms with Crippen LogP contribution in [0.1, 0.15) is 19.8 Å². The number of ether oxygens (including phenoxy) is 1. The lowest BCUT2D eigenvalue weighted by Crippen LogP contribution is -2.47. The molecule has 0 aliphatic carbocycles. The number of anilines is 1. The summed E-state index contributed by atoms with van der Waals surface area (Å²) in [6.07, 6.45) is -3.43. The molecule has 132 valence electrons. The summed E-state index contributed by atoms with van der Waals surface area (Å²) in [5.41, 5.74) is 0.374. The number of amides is 3. The number of halogens is 3. The molecule has 0 atom stereocenters. The summed E-state index contributed by atoms with van der Waals surface area (Å²) in [6, 6.07) is 4.66. The molecule has 0 unspecified atom stereocenters. The second-order valence-corrected chi connectivity index (χ2v) is 5.46. The first-order valence-corrected chi connectivity index (χ1v) is 7.42. The zero-order valence-electron chi connectivity index (χ0n) is 13.0. The highest BCUT2D eigenvalue weighted by Crippen LogP contribution is 2.24. The first-order chi connectivity index (χ1) is 11.2. The highest BCUT2D eigenvalue weighted by molar-refractivity contribution is 5.89. The van der Waals surface area contributed by atoms with E-state index in [1.807, 2.05) is 0 Å². The molecule has 9 heteroatoms. The summed E-state index contributed by atoms with van der Waals surface area (Å²) in [4.78, 5) is 24.7. The van der Waals surface area contributed by atoms with E-state index in [4.69, 9.17) is 0 Å². The fourth-order valence-corrected chi connectivity index (χ4v) is 2.46. The number of carbonyl (C=O) groups excluding carboxylic acids is 2. The normalized spacial score (nSPS) is 15.8. The third kappa shape index (κ3) is 5.64. The van der Waals surface area contributed by atoms with Gasteiger partial charge in [-0.05, 0) is 37.1 Å². The van der Waals surface area contributed by atoms with Crippen LogP contribution >= 0.6 is 0 Å². The molecule has 1 saturated heterocycles. The first kappa shape index (κ1) is 17.9. The number of hydrogen-bond acceptors (Lipinski definition) is 3. The molecule has 0 radical (unpaired) electrons. The number of nitrogens with one attached hydrogen (secondary N) is 2. The van der Waals surface area contributed by atoms with Gasteiger partial charge >= 0.3 is 12.4 Å². The molecule has 0 aromatic heterocycles. The van der Waals surface area contributed by atoms with Gasteiger partial charge in [-0.1, -0.05) is 0 Å². The van der Waals surface area contributed by atoms with Crippen LogP contribution in [0.4, 0.5) is 23.7 Å². The second kappa shape index (κ2) is 7.41. The number of urea groups is 1. The van der Waals surface area contributed by atoms with Crippen molar-refractivity contribution in [2.45, 2.75) is 32.2 Å². The second-order valence-electron chi connectivity index (χ2n) is 5.46. The fourth-order valence-electron chi connectivity index (χ4n) is 2.46. The Morgan fingerprint density at radius 2 is 1.75 bits per heavy atom. The highest BCUT2D eigenvalue weighted by atomic mass is 19.4. The van der Waals surface area contributed by atoms with Gasteiger partial charge in [0, 0.05) is 31.7 Å². The molecule has 0 spiro atoms. The van der Waals surface area contributed by atoms with Crippen molar-refractivity contribution in [2.24, 2.45) is 0 Å². The van der Waals surface area contributed by atoms with Crippen LogP contribution in [0.2, 0.25) is 0 Å². The predicted octanol–water partition coefficient (Wildman–Crippen LogP) is 2.72. The van der Waals surface area contributed by atoms with E-state index in [1.54, 1.807) is 4.90 Å². The third-order valence-electron chi connectivity index (χ3n) is 3.53. The largest absolute Gasteiger partial charge is 0.573 e. The van der Waals surface area contributed by atoms with Crippen molar-refractivity contribution in [3.8, 4) is 5.75 Å². The van der Waals surface area contributed by atoms with Gasteiger partial charge < -0.3 is 20.3 Å². The van der Waals surface area contributed by atoms with Gasteiger partial charge in [-0.3, -0.25) is 4.79 Å². The van der Waals surface area contributed by atoms with Crippen molar-refractivity contribution in [2.75, 3.05) is 18.4 Å². The Morgan fingerprint density at radius 1 is 1.17 bits per heavy atom. The van der Waals surface area contributed by atoms with Crippen LogP contribution in [-0.2, 0) is 4.79 Å². The van der Waals surface area contributed by atoms with Gasteiger partial charge in [-0.25, -0.2) is 4.79 Å². The number of rotatable bonds is 3. The summed E-state index contributed by atoms with van der Waals surface area (Å²) in [6.45, 7) is 2.43. The van der Waals surface area contributed by atoms with Crippen LogP contribution in [0.15, 0.2) is 24.3 Å². The monoisotopic (exact) mass is 345 g/mol. The van der Waals surface area contributed by atoms with Crippen molar-refractivity contribution in [3.05, 3.63) is 24.3 Å². The maximum Gasteiger partial charge on any atom is 0.573 e. The van der Waals surface area contributed by atoms with Gasteiger partial charge in [0.1, 0.15) is 5.75 Å². The van der Waals surface area contributed by atoms with Gasteiger partial charge in [0.2, 0.25) is 5.91 Å². The van der Waals surface area contributed by atoms with Crippen molar-refractivity contribution in [3.63, 3.8) is 0 Å². The standard InChI is InChI=1S/C15H18F3N3O3/c1-10(22)19-12-6-8-21(9-7-12)14(23)20-11-2-4-13(5-3-11)24-15(16,17)18/h2-5,12H,6-9H2,1H3,(H,19,22)(H,20,23). The van der Waals surface area contributed by atoms with Crippen LogP contribution in [-0.4, -0.2) is 42.3 Å². The molecule has 1 aromatic carbocycles. The lowest BCUT2D eigenvalue weighted by Gasteiger charge is -2.32. The highest BCUT2D eigenvalue weighted by Gasteiger charge is 2.31. The Labute approximate surface area is 137 Å². The Hall–Kier alpha value is -2.45. The Balaban J connectivity index is 1.83. The molecule has 1 fully saturated rings. The summed E-state index contributed by atoms with van der Waals surface area (Å²) in [5, 5.41) is 5.43. The van der Waals surface area contributed by atoms with E-state index in [0.29, 0.717) is 31.6 Å². The topological polar surface area (TPSA) is 70.7 Å². The summed E-state index contributed by atoms with van der Waals surface area (Å²) in [7, 11) is 0. The van der Waals surface area contributed by atoms with Crippen LogP contribution in [0.5, 0.6) is 5.75 Å². The summed E-state index contributed by atoms with van der Waals surface area (Å²) < 4.78 is 40.0. The van der Waals surface area contributed by atoms with E-state index in [-0.39, 0.29) is 23.7 Å². The molecule has 6 nitrogen and oxygen atoms in total. The van der Waals surface area contributed by atoms with Crippen LogP contribution in [0, 0.1) is 0 Å². The van der Waals surface area contributed by atoms with Gasteiger partial charge in [0.15, 0.2) is 0 Å². The minimum absolute atomic E-state index is 0.0605. The SMILES string of the molecule is CC(=O)NC1CCN(C(=O)Nc2ccc(OC(F)(F)F)cc2)CC1. The van der Waals surface area contributed by atoms with E-state index < -0.39 is 6.36 Å². The zero-order valence-corrected chi connectivity index (χ0v) is 13.0. The molecule has 2 N–H and O–H groups in total. The molecule has 2 rings (SSSR count). The average Bonchev–Trinajstić information content (AvgIpc) is 2.48. The lowest BCUT2D eigenvalue weighted by molar-refractivity contribution is -0.274. The Bertz CT molecular complexity index is 582. The fraction of sp³-hybridized carbons (Fsp3) is 0.467. The number of benzene rings is 1. The maximum atomic E-state index is 12.1. The quantitative estimate of drug-likeness (QED) is 0.885. The molecular formula is C15H18F3N3O3. The number of nitrogens with zero attached hydrogens (tertiary/aromatic N) is 1. The minimum atomic E-state index is -4.75. The van der Waals surface area contributed by atoms with Crippen molar-refractivity contribution in [1.82, 2.24) is 10.2 Å². The van der Waals surface area contributed by atoms with Crippen LogP contribution in [0.25, 0.3) is 0 Å². The average molecular weight is 345 g/mol. The lowest BCUT2D eigenvalue weighted by atomic mass is 10.1. The molecule has 1 heterocycles. The van der Waals surface area contributed by atoms with Crippen molar-refractivity contribution in [1.29, 1.82) is 0 Å². The van der Waals surface area contributed by atoms with Gasteiger partial charge in [-0.2, -0.15) is 0 Å². The maximum absolute atomic E-state index is 12.1. The molecule has 1 aliphatic heterocycles. The predicted molar refractivity (Wildman–Crippen MR) is 80.6 cm³/mol. The Kier molecular flexibility index (Phi) is 5.53. The Morgan fingerprint density at radius 3 is 2.25 bits per heavy atom. The molecular weight excluding hydrogens is 327 g/mol. The van der Waals surface area contributed by atoms with Gasteiger partial charge in [0.05, 0.1) is 0 Å². The molecule has 24 heavy (non-hydrogen) atoms. The van der Waals surface area contributed by atoms with E-state index >= 15 is 0 Å². The molecule has 0 bridgehead atoms. The van der Waals surface area contributed by atoms with Gasteiger partial charge in [0.25, 0.3) is 0 Å². The molecule has 1 aromatic rings. The van der Waals surface area contributed by atoms with Crippen LogP contribution in [0.3, 0.4) is 0 Å².